The second kappa shape index (κ2) is 9.84. The monoisotopic (exact) mass is 343 g/mol. The zero-order valence-corrected chi connectivity index (χ0v) is 14.5. The molecule has 0 aliphatic heterocycles. The molecule has 19 heavy (non-hydrogen) atoms. The molecule has 1 nitrogen and oxygen atoms in total. The average molecular weight is 344 g/mol. The fourth-order valence-electron chi connectivity index (χ4n) is 2.21. The van der Waals surface area contributed by atoms with Gasteiger partial charge in [-0.25, -0.2) is 0 Å². The SMILES string of the molecule is CCCCC(CC)CC(N)CSc1ccc(Br)cc1. The molecule has 0 aliphatic rings. The van der Waals surface area contributed by atoms with E-state index in [0.717, 1.165) is 16.1 Å². The molecule has 0 fully saturated rings. The molecule has 1 aromatic rings. The number of thioether (sulfide) groups is 1. The summed E-state index contributed by atoms with van der Waals surface area (Å²) >= 11 is 5.33. The molecular formula is C16H26BrNS. The van der Waals surface area contributed by atoms with E-state index in [9.17, 15) is 0 Å². The minimum Gasteiger partial charge on any atom is -0.327 e. The summed E-state index contributed by atoms with van der Waals surface area (Å²) in [7, 11) is 0. The van der Waals surface area contributed by atoms with Crippen molar-refractivity contribution in [3.63, 3.8) is 0 Å². The molecule has 0 amide bonds. The number of hydrogen-bond acceptors (Lipinski definition) is 2. The van der Waals surface area contributed by atoms with Crippen LogP contribution in [0.1, 0.15) is 46.0 Å². The fourth-order valence-corrected chi connectivity index (χ4v) is 3.35. The Bertz CT molecular complexity index is 339. The van der Waals surface area contributed by atoms with Gasteiger partial charge >= 0.3 is 0 Å². The molecule has 0 radical (unpaired) electrons. The summed E-state index contributed by atoms with van der Waals surface area (Å²) in [5.41, 5.74) is 6.27. The molecule has 1 rings (SSSR count). The van der Waals surface area contributed by atoms with Crippen molar-refractivity contribution in [3.05, 3.63) is 28.7 Å². The highest BCUT2D eigenvalue weighted by atomic mass is 79.9. The van der Waals surface area contributed by atoms with Gasteiger partial charge in [0.15, 0.2) is 0 Å². The maximum absolute atomic E-state index is 6.27. The van der Waals surface area contributed by atoms with E-state index in [1.807, 2.05) is 11.8 Å². The van der Waals surface area contributed by atoms with E-state index in [-0.39, 0.29) is 0 Å². The van der Waals surface area contributed by atoms with Gasteiger partial charge in [0.2, 0.25) is 0 Å². The largest absolute Gasteiger partial charge is 0.327 e. The molecule has 0 bridgehead atoms. The van der Waals surface area contributed by atoms with E-state index >= 15 is 0 Å². The van der Waals surface area contributed by atoms with E-state index in [2.05, 4.69) is 54.0 Å². The van der Waals surface area contributed by atoms with Gasteiger partial charge in [0.1, 0.15) is 0 Å². The van der Waals surface area contributed by atoms with Crippen LogP contribution in [0.5, 0.6) is 0 Å². The minimum atomic E-state index is 0.315. The first-order chi connectivity index (χ1) is 9.15. The van der Waals surface area contributed by atoms with Crippen LogP contribution < -0.4 is 5.73 Å². The summed E-state index contributed by atoms with van der Waals surface area (Å²) in [6.07, 6.45) is 6.39. The molecule has 0 saturated carbocycles. The van der Waals surface area contributed by atoms with E-state index < -0.39 is 0 Å². The summed E-state index contributed by atoms with van der Waals surface area (Å²) in [5, 5.41) is 0. The van der Waals surface area contributed by atoms with Gasteiger partial charge in [0.25, 0.3) is 0 Å². The van der Waals surface area contributed by atoms with Crippen molar-refractivity contribution in [1.29, 1.82) is 0 Å². The number of halogens is 1. The lowest BCUT2D eigenvalue weighted by molar-refractivity contribution is 0.396. The van der Waals surface area contributed by atoms with Gasteiger partial charge in [-0.05, 0) is 36.6 Å². The van der Waals surface area contributed by atoms with Crippen molar-refractivity contribution >= 4 is 27.7 Å². The molecule has 0 spiro atoms. The Kier molecular flexibility index (Phi) is 8.84. The number of rotatable bonds is 9. The standard InChI is InChI=1S/C16H26BrNS/c1-3-5-6-13(4-2)11-15(18)12-19-16-9-7-14(17)8-10-16/h7-10,13,15H,3-6,11-12,18H2,1-2H3. The second-order valence-electron chi connectivity index (χ2n) is 5.18. The maximum atomic E-state index is 6.27. The van der Waals surface area contributed by atoms with Crippen molar-refractivity contribution < 1.29 is 0 Å². The Morgan fingerprint density at radius 3 is 2.47 bits per heavy atom. The zero-order chi connectivity index (χ0) is 14.1. The van der Waals surface area contributed by atoms with E-state index in [1.54, 1.807) is 0 Å². The Morgan fingerprint density at radius 2 is 1.89 bits per heavy atom. The van der Waals surface area contributed by atoms with E-state index in [4.69, 9.17) is 5.73 Å². The van der Waals surface area contributed by atoms with Crippen LogP contribution in [0.3, 0.4) is 0 Å². The van der Waals surface area contributed by atoms with Crippen molar-refractivity contribution in [1.82, 2.24) is 0 Å². The molecule has 1 aromatic carbocycles. The predicted octanol–water partition coefficient (Wildman–Crippen LogP) is 5.48. The lowest BCUT2D eigenvalue weighted by Crippen LogP contribution is -2.26. The first kappa shape index (κ1) is 17.1. The predicted molar refractivity (Wildman–Crippen MR) is 90.8 cm³/mol. The highest BCUT2D eigenvalue weighted by molar-refractivity contribution is 9.10. The zero-order valence-electron chi connectivity index (χ0n) is 12.1. The molecule has 0 aromatic heterocycles. The smallest absolute Gasteiger partial charge is 0.0176 e. The Hall–Kier alpha value is 0.01000. The van der Waals surface area contributed by atoms with Crippen LogP contribution in [0.2, 0.25) is 0 Å². The van der Waals surface area contributed by atoms with Gasteiger partial charge in [-0.2, -0.15) is 0 Å². The molecule has 2 atom stereocenters. The second-order valence-corrected chi connectivity index (χ2v) is 7.19. The van der Waals surface area contributed by atoms with E-state index in [0.29, 0.717) is 6.04 Å². The Morgan fingerprint density at radius 1 is 1.21 bits per heavy atom. The first-order valence-corrected chi connectivity index (χ1v) is 9.07. The molecule has 0 aliphatic carbocycles. The van der Waals surface area contributed by atoms with Crippen molar-refractivity contribution in [3.8, 4) is 0 Å². The third-order valence-corrected chi connectivity index (χ3v) is 5.19. The van der Waals surface area contributed by atoms with Crippen molar-refractivity contribution in [2.75, 3.05) is 5.75 Å². The summed E-state index contributed by atoms with van der Waals surface area (Å²) in [6.45, 7) is 4.55. The molecule has 3 heteroatoms. The summed E-state index contributed by atoms with van der Waals surface area (Å²) in [5.74, 6) is 1.82. The van der Waals surface area contributed by atoms with Crippen LogP contribution in [0.25, 0.3) is 0 Å². The topological polar surface area (TPSA) is 26.0 Å². The molecule has 0 saturated heterocycles. The number of nitrogens with two attached hydrogens (primary N) is 1. The number of unbranched alkanes of at least 4 members (excludes halogenated alkanes) is 1. The molecule has 108 valence electrons. The molecule has 2 N–H and O–H groups in total. The van der Waals surface area contributed by atoms with Crippen LogP contribution >= 0.6 is 27.7 Å². The Balaban J connectivity index is 2.29. The van der Waals surface area contributed by atoms with Crippen molar-refractivity contribution in [2.24, 2.45) is 11.7 Å². The van der Waals surface area contributed by atoms with Gasteiger partial charge in [-0.1, -0.05) is 55.5 Å². The van der Waals surface area contributed by atoms with Gasteiger partial charge < -0.3 is 5.73 Å². The Labute approximate surface area is 130 Å². The van der Waals surface area contributed by atoms with Crippen LogP contribution in [0.4, 0.5) is 0 Å². The van der Waals surface area contributed by atoms with Gasteiger partial charge in [-0.15, -0.1) is 11.8 Å². The van der Waals surface area contributed by atoms with Crippen LogP contribution in [0, 0.1) is 5.92 Å². The van der Waals surface area contributed by atoms with Gasteiger partial charge in [0, 0.05) is 21.2 Å². The maximum Gasteiger partial charge on any atom is 0.0176 e. The quantitative estimate of drug-likeness (QED) is 0.601. The highest BCUT2D eigenvalue weighted by Gasteiger charge is 2.12. The van der Waals surface area contributed by atoms with Gasteiger partial charge in [0.05, 0.1) is 0 Å². The molecular weight excluding hydrogens is 318 g/mol. The fraction of sp³-hybridized carbons (Fsp3) is 0.625. The van der Waals surface area contributed by atoms with Crippen molar-refractivity contribution in [2.45, 2.75) is 56.9 Å². The lowest BCUT2D eigenvalue weighted by atomic mass is 9.93. The number of benzene rings is 1. The minimum absolute atomic E-state index is 0.315. The molecule has 2 unspecified atom stereocenters. The average Bonchev–Trinajstić information content (AvgIpc) is 2.42. The van der Waals surface area contributed by atoms with Crippen LogP contribution in [0.15, 0.2) is 33.6 Å². The third-order valence-electron chi connectivity index (χ3n) is 3.46. The van der Waals surface area contributed by atoms with Gasteiger partial charge in [-0.3, -0.25) is 0 Å². The number of hydrogen-bond donors (Lipinski definition) is 1. The summed E-state index contributed by atoms with van der Waals surface area (Å²) < 4.78 is 1.13. The van der Waals surface area contributed by atoms with Crippen LogP contribution in [-0.4, -0.2) is 11.8 Å². The van der Waals surface area contributed by atoms with E-state index in [1.165, 1.54) is 37.0 Å². The lowest BCUT2D eigenvalue weighted by Gasteiger charge is -2.19. The normalized spacial score (nSPS) is 14.3. The highest BCUT2D eigenvalue weighted by Crippen LogP contribution is 2.24. The van der Waals surface area contributed by atoms with Crippen LogP contribution in [-0.2, 0) is 0 Å². The summed E-state index contributed by atoms with van der Waals surface area (Å²) in [4.78, 5) is 1.31. The summed E-state index contributed by atoms with van der Waals surface area (Å²) in [6, 6.07) is 8.79. The first-order valence-electron chi connectivity index (χ1n) is 7.29. The third kappa shape index (κ3) is 7.38. The molecule has 0 heterocycles.